The highest BCUT2D eigenvalue weighted by Crippen LogP contribution is 2.32. The highest BCUT2D eigenvalue weighted by atomic mass is 79.9. The summed E-state index contributed by atoms with van der Waals surface area (Å²) in [5.41, 5.74) is 7.35. The number of halogens is 1. The van der Waals surface area contributed by atoms with Crippen LogP contribution in [0, 0.1) is 0 Å². The van der Waals surface area contributed by atoms with Crippen LogP contribution in [0.15, 0.2) is 108 Å². The largest absolute Gasteiger partial charge is 0.0622 e. The van der Waals surface area contributed by atoms with E-state index in [1.807, 2.05) is 12.1 Å². The zero-order valence-corrected chi connectivity index (χ0v) is 15.3. The van der Waals surface area contributed by atoms with Gasteiger partial charge < -0.3 is 0 Å². The van der Waals surface area contributed by atoms with Crippen molar-refractivity contribution in [2.24, 2.45) is 0 Å². The van der Waals surface area contributed by atoms with E-state index in [0.717, 1.165) is 4.47 Å². The summed E-state index contributed by atoms with van der Waals surface area (Å²) in [6, 6.07) is 36.3. The van der Waals surface area contributed by atoms with Gasteiger partial charge in [-0.05, 0) is 57.6 Å². The zero-order chi connectivity index (χ0) is 17.1. The molecule has 4 rings (SSSR count). The number of hydrogen-bond donors (Lipinski definition) is 0. The maximum Gasteiger partial charge on any atom is 0.0187 e. The van der Waals surface area contributed by atoms with Gasteiger partial charge in [-0.15, -0.1) is 0 Å². The second kappa shape index (κ2) is 7.08. The molecule has 0 amide bonds. The van der Waals surface area contributed by atoms with Gasteiger partial charge in [0.05, 0.1) is 0 Å². The molecule has 120 valence electrons. The Morgan fingerprint density at radius 2 is 0.760 bits per heavy atom. The molecule has 0 spiro atoms. The molecule has 0 atom stereocenters. The Hall–Kier alpha value is -2.64. The topological polar surface area (TPSA) is 0 Å². The SMILES string of the molecule is Brc1cc(-c2ccccc2)cc(-c2cccc(-c3ccccc3)c2)c1. The monoisotopic (exact) mass is 384 g/mol. The van der Waals surface area contributed by atoms with Crippen molar-refractivity contribution in [3.8, 4) is 33.4 Å². The van der Waals surface area contributed by atoms with Crippen molar-refractivity contribution in [1.82, 2.24) is 0 Å². The third-order valence-electron chi connectivity index (χ3n) is 4.31. The quantitative estimate of drug-likeness (QED) is 0.344. The Balaban J connectivity index is 1.79. The van der Waals surface area contributed by atoms with Crippen LogP contribution in [0.2, 0.25) is 0 Å². The lowest BCUT2D eigenvalue weighted by Gasteiger charge is -2.10. The summed E-state index contributed by atoms with van der Waals surface area (Å²) in [5, 5.41) is 0. The molecule has 0 saturated carbocycles. The molecule has 4 aromatic rings. The van der Waals surface area contributed by atoms with Gasteiger partial charge in [0.25, 0.3) is 0 Å². The fourth-order valence-corrected chi connectivity index (χ4v) is 3.56. The standard InChI is InChI=1S/C24H17Br/c25-24-16-22(19-10-5-2-6-11-19)15-23(17-24)21-13-7-12-20(14-21)18-8-3-1-4-9-18/h1-17H. The molecule has 0 aromatic heterocycles. The van der Waals surface area contributed by atoms with Gasteiger partial charge in [0.1, 0.15) is 0 Å². The van der Waals surface area contributed by atoms with Gasteiger partial charge in [0.2, 0.25) is 0 Å². The Kier molecular flexibility index (Phi) is 4.49. The second-order valence-electron chi connectivity index (χ2n) is 6.04. The summed E-state index contributed by atoms with van der Waals surface area (Å²) in [4.78, 5) is 0. The molecule has 0 bridgehead atoms. The van der Waals surface area contributed by atoms with Gasteiger partial charge in [-0.1, -0.05) is 94.8 Å². The zero-order valence-electron chi connectivity index (χ0n) is 13.7. The Labute approximate surface area is 156 Å². The van der Waals surface area contributed by atoms with E-state index in [4.69, 9.17) is 0 Å². The number of benzene rings is 4. The van der Waals surface area contributed by atoms with Crippen molar-refractivity contribution >= 4 is 15.9 Å². The number of rotatable bonds is 3. The lowest BCUT2D eigenvalue weighted by atomic mass is 9.96. The Morgan fingerprint density at radius 3 is 1.36 bits per heavy atom. The van der Waals surface area contributed by atoms with Gasteiger partial charge in [-0.25, -0.2) is 0 Å². The fraction of sp³-hybridized carbons (Fsp3) is 0. The van der Waals surface area contributed by atoms with Crippen LogP contribution in [-0.2, 0) is 0 Å². The number of hydrogen-bond acceptors (Lipinski definition) is 0. The molecule has 0 radical (unpaired) electrons. The lowest BCUT2D eigenvalue weighted by molar-refractivity contribution is 1.55. The van der Waals surface area contributed by atoms with Crippen molar-refractivity contribution in [1.29, 1.82) is 0 Å². The van der Waals surface area contributed by atoms with Crippen LogP contribution >= 0.6 is 15.9 Å². The van der Waals surface area contributed by atoms with E-state index in [9.17, 15) is 0 Å². The van der Waals surface area contributed by atoms with E-state index < -0.39 is 0 Å². The second-order valence-corrected chi connectivity index (χ2v) is 6.96. The molecule has 1 heteroatoms. The van der Waals surface area contributed by atoms with Crippen LogP contribution in [0.25, 0.3) is 33.4 Å². The molecule has 0 saturated heterocycles. The smallest absolute Gasteiger partial charge is 0.0187 e. The third-order valence-corrected chi connectivity index (χ3v) is 4.77. The molecule has 0 aliphatic carbocycles. The summed E-state index contributed by atoms with van der Waals surface area (Å²) in [7, 11) is 0. The minimum atomic E-state index is 1.09. The van der Waals surface area contributed by atoms with Gasteiger partial charge in [0, 0.05) is 4.47 Å². The van der Waals surface area contributed by atoms with Gasteiger partial charge in [-0.3, -0.25) is 0 Å². The highest BCUT2D eigenvalue weighted by molar-refractivity contribution is 9.10. The highest BCUT2D eigenvalue weighted by Gasteiger charge is 2.06. The predicted molar refractivity (Wildman–Crippen MR) is 110 cm³/mol. The van der Waals surface area contributed by atoms with Crippen LogP contribution in [0.1, 0.15) is 0 Å². The minimum absolute atomic E-state index is 1.09. The first-order chi connectivity index (χ1) is 12.3. The molecule has 0 N–H and O–H groups in total. The van der Waals surface area contributed by atoms with Crippen molar-refractivity contribution in [2.75, 3.05) is 0 Å². The average molecular weight is 385 g/mol. The summed E-state index contributed by atoms with van der Waals surface area (Å²) in [5.74, 6) is 0. The summed E-state index contributed by atoms with van der Waals surface area (Å²) < 4.78 is 1.09. The maximum absolute atomic E-state index is 3.67. The van der Waals surface area contributed by atoms with E-state index in [-0.39, 0.29) is 0 Å². The predicted octanol–water partition coefficient (Wildman–Crippen LogP) is 7.45. The molecule has 0 aliphatic rings. The minimum Gasteiger partial charge on any atom is -0.0622 e. The molecule has 0 unspecified atom stereocenters. The summed E-state index contributed by atoms with van der Waals surface area (Å²) in [6.45, 7) is 0. The van der Waals surface area contributed by atoms with Gasteiger partial charge in [-0.2, -0.15) is 0 Å². The summed E-state index contributed by atoms with van der Waals surface area (Å²) in [6.07, 6.45) is 0. The molecule has 0 fully saturated rings. The molecular formula is C24H17Br. The van der Waals surface area contributed by atoms with Gasteiger partial charge >= 0.3 is 0 Å². The molecule has 0 heterocycles. The lowest BCUT2D eigenvalue weighted by Crippen LogP contribution is -1.84. The van der Waals surface area contributed by atoms with Crippen LogP contribution in [0.4, 0.5) is 0 Å². The van der Waals surface area contributed by atoms with E-state index in [1.165, 1.54) is 33.4 Å². The van der Waals surface area contributed by atoms with Crippen LogP contribution in [0.5, 0.6) is 0 Å². The Bertz CT molecular complexity index is 989. The molecular weight excluding hydrogens is 368 g/mol. The van der Waals surface area contributed by atoms with Crippen LogP contribution < -0.4 is 0 Å². The van der Waals surface area contributed by atoms with E-state index in [1.54, 1.807) is 0 Å². The fourth-order valence-electron chi connectivity index (χ4n) is 3.06. The third kappa shape index (κ3) is 3.57. The first kappa shape index (κ1) is 15.9. The van der Waals surface area contributed by atoms with Crippen LogP contribution in [-0.4, -0.2) is 0 Å². The normalized spacial score (nSPS) is 10.6. The summed E-state index contributed by atoms with van der Waals surface area (Å²) >= 11 is 3.67. The average Bonchev–Trinajstić information content (AvgIpc) is 2.69. The Morgan fingerprint density at radius 1 is 0.360 bits per heavy atom. The van der Waals surface area contributed by atoms with Crippen molar-refractivity contribution in [3.05, 3.63) is 108 Å². The van der Waals surface area contributed by atoms with E-state index in [2.05, 4.69) is 107 Å². The van der Waals surface area contributed by atoms with Gasteiger partial charge in [0.15, 0.2) is 0 Å². The first-order valence-electron chi connectivity index (χ1n) is 8.31. The van der Waals surface area contributed by atoms with Crippen LogP contribution in [0.3, 0.4) is 0 Å². The molecule has 0 aliphatic heterocycles. The molecule has 25 heavy (non-hydrogen) atoms. The molecule has 0 nitrogen and oxygen atoms in total. The van der Waals surface area contributed by atoms with E-state index in [0.29, 0.717) is 0 Å². The van der Waals surface area contributed by atoms with Crippen molar-refractivity contribution in [2.45, 2.75) is 0 Å². The van der Waals surface area contributed by atoms with Crippen molar-refractivity contribution in [3.63, 3.8) is 0 Å². The van der Waals surface area contributed by atoms with Crippen molar-refractivity contribution < 1.29 is 0 Å². The maximum atomic E-state index is 3.67. The van der Waals surface area contributed by atoms with E-state index >= 15 is 0 Å². The first-order valence-corrected chi connectivity index (χ1v) is 9.11. The molecule has 4 aromatic carbocycles.